The van der Waals surface area contributed by atoms with Crippen LogP contribution < -0.4 is 5.32 Å². The molecular formula is C20H22N4O2. The van der Waals surface area contributed by atoms with E-state index in [1.807, 2.05) is 44.3 Å². The van der Waals surface area contributed by atoms with Gasteiger partial charge in [0.1, 0.15) is 0 Å². The van der Waals surface area contributed by atoms with E-state index in [0.29, 0.717) is 11.3 Å². The van der Waals surface area contributed by atoms with Crippen LogP contribution in [-0.4, -0.2) is 26.5 Å². The third-order valence-corrected chi connectivity index (χ3v) is 4.41. The summed E-state index contributed by atoms with van der Waals surface area (Å²) in [5.41, 5.74) is 4.07. The van der Waals surface area contributed by atoms with Crippen molar-refractivity contribution in [3.05, 3.63) is 53.3 Å². The number of nitrogens with zero attached hydrogens (tertiary/aromatic N) is 3. The first-order valence-electron chi connectivity index (χ1n) is 8.69. The largest absolute Gasteiger partial charge is 0.325 e. The highest BCUT2D eigenvalue weighted by atomic mass is 16.2. The van der Waals surface area contributed by atoms with Crippen LogP contribution in [0.1, 0.15) is 41.4 Å². The van der Waals surface area contributed by atoms with E-state index in [1.165, 1.54) is 5.56 Å². The van der Waals surface area contributed by atoms with Crippen molar-refractivity contribution in [2.45, 2.75) is 33.1 Å². The maximum atomic E-state index is 12.2. The molecule has 0 unspecified atom stereocenters. The molecule has 0 aliphatic heterocycles. The maximum Gasteiger partial charge on any atom is 0.224 e. The lowest BCUT2D eigenvalue weighted by atomic mass is 10.0. The summed E-state index contributed by atoms with van der Waals surface area (Å²) in [5, 5.41) is 8.02. The molecule has 0 aliphatic rings. The van der Waals surface area contributed by atoms with E-state index in [1.54, 1.807) is 10.9 Å². The van der Waals surface area contributed by atoms with E-state index in [4.69, 9.17) is 0 Å². The van der Waals surface area contributed by atoms with Crippen molar-refractivity contribution in [2.24, 2.45) is 7.05 Å². The number of aromatic nitrogens is 3. The molecule has 2 aromatic heterocycles. The lowest BCUT2D eigenvalue weighted by Crippen LogP contribution is -2.13. The second-order valence-electron chi connectivity index (χ2n) is 6.33. The summed E-state index contributed by atoms with van der Waals surface area (Å²) < 4.78 is 1.71. The van der Waals surface area contributed by atoms with Crippen molar-refractivity contribution < 1.29 is 9.59 Å². The van der Waals surface area contributed by atoms with E-state index >= 15 is 0 Å². The minimum atomic E-state index is -0.203. The first kappa shape index (κ1) is 17.8. The predicted molar refractivity (Wildman–Crippen MR) is 101 cm³/mol. The molecule has 2 heterocycles. The lowest BCUT2D eigenvalue weighted by Gasteiger charge is -2.06. The Morgan fingerprint density at radius 2 is 1.88 bits per heavy atom. The van der Waals surface area contributed by atoms with E-state index in [-0.39, 0.29) is 24.5 Å². The highest BCUT2D eigenvalue weighted by Crippen LogP contribution is 2.19. The van der Waals surface area contributed by atoms with Crippen LogP contribution in [0.15, 0.2) is 36.5 Å². The minimum Gasteiger partial charge on any atom is -0.325 e. The third kappa shape index (κ3) is 3.79. The van der Waals surface area contributed by atoms with Crippen LogP contribution in [0.4, 0.5) is 5.69 Å². The number of nitrogens with one attached hydrogen (secondary N) is 1. The average molecular weight is 350 g/mol. The molecule has 0 bridgehead atoms. The molecule has 1 amide bonds. The van der Waals surface area contributed by atoms with Crippen LogP contribution in [0.2, 0.25) is 0 Å². The molecule has 3 rings (SSSR count). The first-order valence-corrected chi connectivity index (χ1v) is 8.69. The van der Waals surface area contributed by atoms with Gasteiger partial charge in [0, 0.05) is 30.8 Å². The van der Waals surface area contributed by atoms with Crippen LogP contribution in [0.3, 0.4) is 0 Å². The van der Waals surface area contributed by atoms with Gasteiger partial charge in [-0.25, -0.2) is 4.98 Å². The fourth-order valence-electron chi connectivity index (χ4n) is 2.90. The Balaban J connectivity index is 1.60. The number of rotatable bonds is 6. The van der Waals surface area contributed by atoms with Gasteiger partial charge in [-0.1, -0.05) is 31.2 Å². The number of ketones is 1. The van der Waals surface area contributed by atoms with Gasteiger partial charge in [0.05, 0.1) is 17.6 Å². The zero-order chi connectivity index (χ0) is 18.7. The second-order valence-corrected chi connectivity index (χ2v) is 6.33. The molecule has 1 aromatic carbocycles. The van der Waals surface area contributed by atoms with Gasteiger partial charge in [-0.15, -0.1) is 0 Å². The topological polar surface area (TPSA) is 76.9 Å². The molecule has 134 valence electrons. The number of fused-ring (bicyclic) bond motifs is 1. The molecule has 0 spiro atoms. The summed E-state index contributed by atoms with van der Waals surface area (Å²) in [6, 6.07) is 9.40. The zero-order valence-electron chi connectivity index (χ0n) is 15.2. The number of Topliss-reactive ketones (excluding diaryl/α,β-unsaturated/α-hetero) is 1. The Hall–Kier alpha value is -3.02. The number of benzene rings is 1. The van der Waals surface area contributed by atoms with Crippen molar-refractivity contribution in [2.75, 3.05) is 5.32 Å². The fraction of sp³-hybridized carbons (Fsp3) is 0.300. The Morgan fingerprint density at radius 1 is 1.15 bits per heavy atom. The molecule has 26 heavy (non-hydrogen) atoms. The number of hydrogen-bond acceptors (Lipinski definition) is 4. The number of pyridine rings is 1. The fourth-order valence-corrected chi connectivity index (χ4v) is 2.90. The number of anilines is 1. The monoisotopic (exact) mass is 350 g/mol. The summed E-state index contributed by atoms with van der Waals surface area (Å²) in [6.45, 7) is 3.97. The summed E-state index contributed by atoms with van der Waals surface area (Å²) in [7, 11) is 1.83. The SMILES string of the molecule is CCc1ccc(C(=O)CCC(=O)Nc2cnc3c(c2)c(C)nn3C)cc1. The molecule has 0 radical (unpaired) electrons. The molecular weight excluding hydrogens is 328 g/mol. The highest BCUT2D eigenvalue weighted by molar-refractivity contribution is 6.00. The van der Waals surface area contributed by atoms with Crippen molar-refractivity contribution in [3.8, 4) is 0 Å². The number of aryl methyl sites for hydroxylation is 3. The molecule has 0 saturated heterocycles. The van der Waals surface area contributed by atoms with Gasteiger partial charge >= 0.3 is 0 Å². The van der Waals surface area contributed by atoms with Crippen LogP contribution in [0.25, 0.3) is 11.0 Å². The summed E-state index contributed by atoms with van der Waals surface area (Å²) in [6.07, 6.45) is 2.86. The average Bonchev–Trinajstić information content (AvgIpc) is 2.93. The Labute approximate surface area is 152 Å². The van der Waals surface area contributed by atoms with Gasteiger partial charge in [0.2, 0.25) is 5.91 Å². The summed E-state index contributed by atoms with van der Waals surface area (Å²) in [4.78, 5) is 28.7. The second kappa shape index (κ2) is 7.47. The van der Waals surface area contributed by atoms with Crippen LogP contribution >= 0.6 is 0 Å². The van der Waals surface area contributed by atoms with Crippen LogP contribution in [-0.2, 0) is 18.3 Å². The van der Waals surface area contributed by atoms with Gasteiger partial charge in [-0.05, 0) is 25.0 Å². The zero-order valence-corrected chi connectivity index (χ0v) is 15.2. The normalized spacial score (nSPS) is 10.9. The number of carbonyl (C=O) groups is 2. The van der Waals surface area contributed by atoms with Crippen molar-refractivity contribution in [3.63, 3.8) is 0 Å². The number of amides is 1. The molecule has 3 aromatic rings. The molecule has 1 N–H and O–H groups in total. The Bertz CT molecular complexity index is 958. The molecule has 0 fully saturated rings. The predicted octanol–water partition coefficient (Wildman–Crippen LogP) is 3.44. The van der Waals surface area contributed by atoms with E-state index in [0.717, 1.165) is 23.1 Å². The van der Waals surface area contributed by atoms with Crippen LogP contribution in [0, 0.1) is 6.92 Å². The molecule has 6 nitrogen and oxygen atoms in total. The Kier molecular flexibility index (Phi) is 5.11. The maximum absolute atomic E-state index is 12.2. The van der Waals surface area contributed by atoms with Gasteiger partial charge in [-0.2, -0.15) is 5.10 Å². The van der Waals surface area contributed by atoms with Crippen LogP contribution in [0.5, 0.6) is 0 Å². The number of hydrogen-bond donors (Lipinski definition) is 1. The van der Waals surface area contributed by atoms with Crippen molar-refractivity contribution in [1.82, 2.24) is 14.8 Å². The van der Waals surface area contributed by atoms with E-state index < -0.39 is 0 Å². The first-order chi connectivity index (χ1) is 12.5. The standard InChI is InChI=1S/C20H22N4O2/c1-4-14-5-7-15(8-6-14)18(25)9-10-19(26)22-16-11-17-13(2)23-24(3)20(17)21-12-16/h5-8,11-12H,4,9-10H2,1-3H3,(H,22,26). The summed E-state index contributed by atoms with van der Waals surface area (Å²) in [5.74, 6) is -0.231. The van der Waals surface area contributed by atoms with Crippen molar-refractivity contribution >= 4 is 28.4 Å². The smallest absolute Gasteiger partial charge is 0.224 e. The van der Waals surface area contributed by atoms with E-state index in [2.05, 4.69) is 22.3 Å². The van der Waals surface area contributed by atoms with E-state index in [9.17, 15) is 9.59 Å². The molecule has 0 saturated carbocycles. The van der Waals surface area contributed by atoms with Gasteiger partial charge in [-0.3, -0.25) is 14.3 Å². The Morgan fingerprint density at radius 3 is 2.58 bits per heavy atom. The van der Waals surface area contributed by atoms with Gasteiger partial charge in [0.25, 0.3) is 0 Å². The molecule has 6 heteroatoms. The highest BCUT2D eigenvalue weighted by Gasteiger charge is 2.11. The molecule has 0 atom stereocenters. The van der Waals surface area contributed by atoms with Gasteiger partial charge in [0.15, 0.2) is 11.4 Å². The lowest BCUT2D eigenvalue weighted by molar-refractivity contribution is -0.116. The molecule has 0 aliphatic carbocycles. The number of carbonyl (C=O) groups excluding carboxylic acids is 2. The minimum absolute atomic E-state index is 0.0283. The third-order valence-electron chi connectivity index (χ3n) is 4.41. The quantitative estimate of drug-likeness (QED) is 0.691. The van der Waals surface area contributed by atoms with Gasteiger partial charge < -0.3 is 5.32 Å². The summed E-state index contributed by atoms with van der Waals surface area (Å²) >= 11 is 0. The van der Waals surface area contributed by atoms with Crippen molar-refractivity contribution in [1.29, 1.82) is 0 Å².